The molecule has 2 heterocycles. The van der Waals surface area contributed by atoms with Gasteiger partial charge in [-0.1, -0.05) is 41.9 Å². The minimum atomic E-state index is -3.70. The highest BCUT2D eigenvalue weighted by atomic mass is 35.5. The van der Waals surface area contributed by atoms with Crippen LogP contribution in [0.3, 0.4) is 0 Å². The molecule has 2 aliphatic heterocycles. The van der Waals surface area contributed by atoms with Crippen LogP contribution in [0.15, 0.2) is 57.8 Å². The molecule has 2 aromatic rings. The molecule has 1 atom stereocenters. The molecule has 8 heteroatoms. The van der Waals surface area contributed by atoms with Crippen molar-refractivity contribution in [3.63, 3.8) is 0 Å². The van der Waals surface area contributed by atoms with Gasteiger partial charge in [0.15, 0.2) is 5.84 Å². The van der Waals surface area contributed by atoms with E-state index in [2.05, 4.69) is 4.40 Å². The molecule has 0 spiro atoms. The molecule has 152 valence electrons. The Balaban J connectivity index is 1.48. The van der Waals surface area contributed by atoms with E-state index in [9.17, 15) is 13.2 Å². The number of likely N-dealkylation sites (tertiary alicyclic amines) is 1. The molecular formula is C21H22ClN3O3S. The van der Waals surface area contributed by atoms with Crippen LogP contribution >= 0.6 is 11.6 Å². The highest BCUT2D eigenvalue weighted by Crippen LogP contribution is 2.28. The van der Waals surface area contributed by atoms with Gasteiger partial charge < -0.3 is 9.80 Å². The summed E-state index contributed by atoms with van der Waals surface area (Å²) >= 11 is 6.29. The lowest BCUT2D eigenvalue weighted by Crippen LogP contribution is -2.44. The highest BCUT2D eigenvalue weighted by molar-refractivity contribution is 7.90. The second-order valence-electron chi connectivity index (χ2n) is 7.42. The monoisotopic (exact) mass is 431 g/mol. The fourth-order valence-corrected chi connectivity index (χ4v) is 5.49. The molecule has 0 N–H and O–H groups in total. The summed E-state index contributed by atoms with van der Waals surface area (Å²) in [5.41, 5.74) is 1.57. The van der Waals surface area contributed by atoms with Gasteiger partial charge in [-0.3, -0.25) is 4.79 Å². The predicted octanol–water partition coefficient (Wildman–Crippen LogP) is 2.95. The molecule has 1 amide bonds. The van der Waals surface area contributed by atoms with Gasteiger partial charge in [0.2, 0.25) is 5.91 Å². The molecule has 0 bridgehead atoms. The van der Waals surface area contributed by atoms with Crippen molar-refractivity contribution in [2.24, 2.45) is 4.40 Å². The standard InChI is InChI=1S/C21H22ClN3O3S/c1-24(21-17-9-3-5-11-19(17)29(27,28)23-21)14-20(26)25-12-6-8-16(25)13-15-7-2-4-10-18(15)22/h2-5,7,9-11,16H,6,8,12-14H2,1H3. The Hall–Kier alpha value is -2.38. The van der Waals surface area contributed by atoms with Gasteiger partial charge in [-0.05, 0) is 43.0 Å². The van der Waals surface area contributed by atoms with Gasteiger partial charge in [-0.2, -0.15) is 8.42 Å². The summed E-state index contributed by atoms with van der Waals surface area (Å²) in [6.07, 6.45) is 2.59. The molecule has 0 radical (unpaired) electrons. The average Bonchev–Trinajstić information content (AvgIpc) is 3.26. The number of fused-ring (bicyclic) bond motifs is 1. The quantitative estimate of drug-likeness (QED) is 0.746. The van der Waals surface area contributed by atoms with Crippen molar-refractivity contribution in [3.05, 3.63) is 64.7 Å². The van der Waals surface area contributed by atoms with Crippen molar-refractivity contribution in [2.75, 3.05) is 20.1 Å². The zero-order chi connectivity index (χ0) is 20.6. The van der Waals surface area contributed by atoms with E-state index >= 15 is 0 Å². The SMILES string of the molecule is CN(CC(=O)N1CCCC1Cc1ccccc1Cl)C1=NS(=O)(=O)c2ccccc21. The van der Waals surface area contributed by atoms with Crippen LogP contribution in [0, 0.1) is 0 Å². The molecule has 0 aliphatic carbocycles. The highest BCUT2D eigenvalue weighted by Gasteiger charge is 2.33. The summed E-state index contributed by atoms with van der Waals surface area (Å²) < 4.78 is 28.4. The summed E-state index contributed by atoms with van der Waals surface area (Å²) in [6, 6.07) is 14.5. The molecule has 1 saturated heterocycles. The molecule has 2 aliphatic rings. The molecule has 29 heavy (non-hydrogen) atoms. The van der Waals surface area contributed by atoms with E-state index in [1.165, 1.54) is 6.07 Å². The van der Waals surface area contributed by atoms with Crippen LogP contribution in [0.2, 0.25) is 5.02 Å². The van der Waals surface area contributed by atoms with Crippen LogP contribution in [-0.2, 0) is 21.2 Å². The van der Waals surface area contributed by atoms with Crippen LogP contribution in [-0.4, -0.2) is 56.1 Å². The van der Waals surface area contributed by atoms with E-state index in [0.717, 1.165) is 18.4 Å². The number of sulfonamides is 1. The first-order chi connectivity index (χ1) is 13.9. The van der Waals surface area contributed by atoms with Gasteiger partial charge in [-0.15, -0.1) is 4.40 Å². The lowest BCUT2D eigenvalue weighted by Gasteiger charge is -2.28. The zero-order valence-electron chi connectivity index (χ0n) is 16.1. The summed E-state index contributed by atoms with van der Waals surface area (Å²) in [5.74, 6) is 0.280. The van der Waals surface area contributed by atoms with Crippen LogP contribution in [0.5, 0.6) is 0 Å². The van der Waals surface area contributed by atoms with Gasteiger partial charge in [0.1, 0.15) is 4.90 Å². The van der Waals surface area contributed by atoms with Crippen LogP contribution < -0.4 is 0 Å². The number of carbonyl (C=O) groups is 1. The second kappa shape index (κ2) is 7.80. The first kappa shape index (κ1) is 19.9. The number of rotatable bonds is 4. The summed E-state index contributed by atoms with van der Waals surface area (Å²) in [4.78, 5) is 16.7. The van der Waals surface area contributed by atoms with E-state index in [0.29, 0.717) is 29.4 Å². The van der Waals surface area contributed by atoms with Gasteiger partial charge in [-0.25, -0.2) is 0 Å². The Morgan fingerprint density at radius 1 is 1.21 bits per heavy atom. The molecule has 4 rings (SSSR count). The molecule has 2 aromatic carbocycles. The largest absolute Gasteiger partial charge is 0.349 e. The maximum Gasteiger partial charge on any atom is 0.285 e. The number of nitrogens with zero attached hydrogens (tertiary/aromatic N) is 3. The minimum Gasteiger partial charge on any atom is -0.349 e. The Bertz CT molecular complexity index is 1080. The molecule has 1 fully saturated rings. The molecule has 1 unspecified atom stereocenters. The third kappa shape index (κ3) is 3.89. The summed E-state index contributed by atoms with van der Waals surface area (Å²) in [6.45, 7) is 0.769. The Kier molecular flexibility index (Phi) is 5.36. The fourth-order valence-electron chi connectivity index (χ4n) is 4.03. The minimum absolute atomic E-state index is 0.0356. The predicted molar refractivity (Wildman–Crippen MR) is 113 cm³/mol. The number of benzene rings is 2. The first-order valence-corrected chi connectivity index (χ1v) is 11.4. The molecule has 0 aromatic heterocycles. The van der Waals surface area contributed by atoms with Crippen molar-refractivity contribution in [1.82, 2.24) is 9.80 Å². The van der Waals surface area contributed by atoms with Crippen molar-refractivity contribution >= 4 is 33.4 Å². The smallest absolute Gasteiger partial charge is 0.285 e. The number of hydrogen-bond donors (Lipinski definition) is 0. The van der Waals surface area contributed by atoms with E-state index in [1.807, 2.05) is 29.2 Å². The van der Waals surface area contributed by atoms with Crippen LogP contribution in [0.4, 0.5) is 0 Å². The van der Waals surface area contributed by atoms with Gasteiger partial charge in [0.25, 0.3) is 10.0 Å². The number of halogens is 1. The Morgan fingerprint density at radius 2 is 1.93 bits per heavy atom. The average molecular weight is 432 g/mol. The lowest BCUT2D eigenvalue weighted by molar-refractivity contribution is -0.132. The molecule has 0 saturated carbocycles. The number of carbonyl (C=O) groups excluding carboxylic acids is 1. The van der Waals surface area contributed by atoms with Crippen molar-refractivity contribution < 1.29 is 13.2 Å². The second-order valence-corrected chi connectivity index (χ2v) is 9.40. The Labute approximate surface area is 175 Å². The fraction of sp³-hybridized carbons (Fsp3) is 0.333. The van der Waals surface area contributed by atoms with Crippen LogP contribution in [0.1, 0.15) is 24.0 Å². The zero-order valence-corrected chi connectivity index (χ0v) is 17.7. The van der Waals surface area contributed by atoms with Gasteiger partial charge in [0.05, 0.1) is 6.54 Å². The van der Waals surface area contributed by atoms with Crippen molar-refractivity contribution in [1.29, 1.82) is 0 Å². The van der Waals surface area contributed by atoms with E-state index < -0.39 is 10.0 Å². The van der Waals surface area contributed by atoms with E-state index in [4.69, 9.17) is 11.6 Å². The van der Waals surface area contributed by atoms with Gasteiger partial charge in [0, 0.05) is 30.2 Å². The van der Waals surface area contributed by atoms with E-state index in [1.54, 1.807) is 30.1 Å². The summed E-state index contributed by atoms with van der Waals surface area (Å²) in [7, 11) is -2.00. The number of hydrogen-bond acceptors (Lipinski definition) is 4. The normalized spacial score (nSPS) is 19.7. The number of likely N-dealkylation sites (N-methyl/N-ethyl adjacent to an activating group) is 1. The first-order valence-electron chi connectivity index (χ1n) is 9.55. The van der Waals surface area contributed by atoms with Crippen molar-refractivity contribution in [3.8, 4) is 0 Å². The topological polar surface area (TPSA) is 70.1 Å². The van der Waals surface area contributed by atoms with Gasteiger partial charge >= 0.3 is 0 Å². The third-order valence-corrected chi connectivity index (χ3v) is 7.15. The maximum atomic E-state index is 13.0. The maximum absolute atomic E-state index is 13.0. The molecular weight excluding hydrogens is 410 g/mol. The number of amidine groups is 1. The van der Waals surface area contributed by atoms with Crippen LogP contribution in [0.25, 0.3) is 0 Å². The Morgan fingerprint density at radius 3 is 2.72 bits per heavy atom. The number of amides is 1. The van der Waals surface area contributed by atoms with E-state index in [-0.39, 0.29) is 23.4 Å². The van der Waals surface area contributed by atoms with Crippen molar-refractivity contribution in [2.45, 2.75) is 30.2 Å². The molecule has 6 nitrogen and oxygen atoms in total. The third-order valence-electron chi connectivity index (χ3n) is 5.46. The lowest BCUT2D eigenvalue weighted by atomic mass is 10.0. The summed E-state index contributed by atoms with van der Waals surface area (Å²) in [5, 5.41) is 0.714.